The first kappa shape index (κ1) is 18.6. The van der Waals surface area contributed by atoms with Crippen molar-refractivity contribution in [3.05, 3.63) is 54.4 Å². The number of aryl methyl sites for hydroxylation is 1. The van der Waals surface area contributed by atoms with E-state index in [0.717, 1.165) is 5.39 Å². The fourth-order valence-electron chi connectivity index (χ4n) is 3.59. The molecule has 1 aromatic carbocycles. The number of anilines is 1. The van der Waals surface area contributed by atoms with Crippen molar-refractivity contribution in [1.29, 1.82) is 0 Å². The lowest BCUT2D eigenvalue weighted by atomic mass is 10.1. The second-order valence-electron chi connectivity index (χ2n) is 6.87. The predicted octanol–water partition coefficient (Wildman–Crippen LogP) is 1.58. The van der Waals surface area contributed by atoms with Crippen molar-refractivity contribution in [2.24, 2.45) is 7.05 Å². The van der Waals surface area contributed by atoms with Crippen LogP contribution in [-0.2, 0) is 27.6 Å². The lowest BCUT2D eigenvalue weighted by molar-refractivity contribution is -0.121. The van der Waals surface area contributed by atoms with Gasteiger partial charge in [-0.05, 0) is 24.5 Å². The third kappa shape index (κ3) is 3.63. The van der Waals surface area contributed by atoms with E-state index in [1.807, 2.05) is 24.3 Å². The summed E-state index contributed by atoms with van der Waals surface area (Å²) in [6.45, 7) is 0.545. The number of nitrogens with zero attached hydrogens (tertiary/aromatic N) is 4. The number of hydrogen-bond donors (Lipinski definition) is 1. The molecule has 1 amide bonds. The smallest absolute Gasteiger partial charge is 0.246 e. The van der Waals surface area contributed by atoms with E-state index in [-0.39, 0.29) is 11.7 Å². The topological polar surface area (TPSA) is 97.2 Å². The first-order valence-corrected chi connectivity index (χ1v) is 10.7. The summed E-state index contributed by atoms with van der Waals surface area (Å²) >= 11 is 0. The number of rotatable bonds is 5. The van der Waals surface area contributed by atoms with E-state index in [4.69, 9.17) is 0 Å². The lowest BCUT2D eigenvalue weighted by Crippen LogP contribution is -2.53. The zero-order valence-corrected chi connectivity index (χ0v) is 16.3. The van der Waals surface area contributed by atoms with Gasteiger partial charge in [0, 0.05) is 31.2 Å². The van der Waals surface area contributed by atoms with Crippen molar-refractivity contribution < 1.29 is 13.2 Å². The molecule has 0 saturated carbocycles. The van der Waals surface area contributed by atoms with Crippen LogP contribution in [0, 0.1) is 0 Å². The predicted molar refractivity (Wildman–Crippen MR) is 106 cm³/mol. The molecule has 2 aromatic heterocycles. The van der Waals surface area contributed by atoms with E-state index >= 15 is 0 Å². The molecule has 0 aliphatic carbocycles. The summed E-state index contributed by atoms with van der Waals surface area (Å²) in [6.07, 6.45) is 4.44. The Morgan fingerprint density at radius 3 is 2.79 bits per heavy atom. The van der Waals surface area contributed by atoms with Gasteiger partial charge in [-0.3, -0.25) is 19.4 Å². The van der Waals surface area contributed by atoms with Gasteiger partial charge < -0.3 is 0 Å². The molecule has 4 rings (SSSR count). The van der Waals surface area contributed by atoms with Crippen LogP contribution < -0.4 is 9.62 Å². The van der Waals surface area contributed by atoms with Gasteiger partial charge in [0.1, 0.15) is 11.9 Å². The standard InChI is InChI=1S/C19H21N5O3S/c1-23-17(9-11-21-23)24-12-4-8-16(19(24)25)22-28(26,27)13-15-6-2-5-14-7-3-10-20-18(14)15/h2-3,5-7,9-11,16,22H,4,8,12-13H2,1H3/t16-/m0/s1. The van der Waals surface area contributed by atoms with Gasteiger partial charge in [-0.2, -0.15) is 5.10 Å². The number of para-hydroxylation sites is 1. The SMILES string of the molecule is Cn1nccc1N1CCC[C@H](NS(=O)(=O)Cc2cccc3cccnc23)C1=O. The lowest BCUT2D eigenvalue weighted by Gasteiger charge is -2.32. The molecular formula is C19H21N5O3S. The molecule has 0 spiro atoms. The molecule has 146 valence electrons. The zero-order chi connectivity index (χ0) is 19.7. The first-order chi connectivity index (χ1) is 13.4. The van der Waals surface area contributed by atoms with Crippen LogP contribution in [-0.4, -0.2) is 41.7 Å². The highest BCUT2D eigenvalue weighted by molar-refractivity contribution is 7.88. The second-order valence-corrected chi connectivity index (χ2v) is 8.62. The van der Waals surface area contributed by atoms with Crippen LogP contribution in [0.15, 0.2) is 48.8 Å². The highest BCUT2D eigenvalue weighted by Crippen LogP contribution is 2.22. The molecule has 0 unspecified atom stereocenters. The van der Waals surface area contributed by atoms with Gasteiger partial charge in [-0.25, -0.2) is 13.1 Å². The molecule has 1 fully saturated rings. The molecule has 3 heterocycles. The number of amides is 1. The average Bonchev–Trinajstić information content (AvgIpc) is 3.09. The van der Waals surface area contributed by atoms with E-state index in [1.54, 1.807) is 41.2 Å². The van der Waals surface area contributed by atoms with Crippen molar-refractivity contribution in [1.82, 2.24) is 19.5 Å². The van der Waals surface area contributed by atoms with Crippen LogP contribution in [0.3, 0.4) is 0 Å². The number of aromatic nitrogens is 3. The quantitative estimate of drug-likeness (QED) is 0.703. The molecule has 8 nitrogen and oxygen atoms in total. The van der Waals surface area contributed by atoms with Crippen LogP contribution in [0.25, 0.3) is 10.9 Å². The number of hydrogen-bond acceptors (Lipinski definition) is 5. The maximum Gasteiger partial charge on any atom is 0.246 e. The van der Waals surface area contributed by atoms with Gasteiger partial charge in [0.15, 0.2) is 0 Å². The van der Waals surface area contributed by atoms with E-state index in [9.17, 15) is 13.2 Å². The maximum atomic E-state index is 12.9. The molecule has 1 N–H and O–H groups in total. The third-order valence-electron chi connectivity index (χ3n) is 4.89. The van der Waals surface area contributed by atoms with Crippen molar-refractivity contribution in [3.8, 4) is 0 Å². The van der Waals surface area contributed by atoms with Crippen LogP contribution in [0.4, 0.5) is 5.82 Å². The Bertz CT molecular complexity index is 1120. The molecule has 0 radical (unpaired) electrons. The number of nitrogens with one attached hydrogen (secondary N) is 1. The number of benzene rings is 1. The van der Waals surface area contributed by atoms with E-state index in [2.05, 4.69) is 14.8 Å². The Morgan fingerprint density at radius 2 is 2.00 bits per heavy atom. The number of sulfonamides is 1. The Labute approximate surface area is 163 Å². The van der Waals surface area contributed by atoms with Crippen molar-refractivity contribution >= 4 is 32.7 Å². The first-order valence-electron chi connectivity index (χ1n) is 9.07. The van der Waals surface area contributed by atoms with Gasteiger partial charge in [-0.15, -0.1) is 0 Å². The third-order valence-corrected chi connectivity index (χ3v) is 6.23. The normalized spacial score (nSPS) is 18.0. The molecule has 3 aromatic rings. The molecule has 1 aliphatic heterocycles. The summed E-state index contributed by atoms with van der Waals surface area (Å²) < 4.78 is 29.8. The number of carbonyl (C=O) groups excluding carboxylic acids is 1. The van der Waals surface area contributed by atoms with Gasteiger partial charge in [-0.1, -0.05) is 24.3 Å². The van der Waals surface area contributed by atoms with Gasteiger partial charge in [0.05, 0.1) is 17.5 Å². The zero-order valence-electron chi connectivity index (χ0n) is 15.4. The average molecular weight is 399 g/mol. The molecular weight excluding hydrogens is 378 g/mol. The summed E-state index contributed by atoms with van der Waals surface area (Å²) in [5.41, 5.74) is 1.26. The largest absolute Gasteiger partial charge is 0.296 e. The van der Waals surface area contributed by atoms with Crippen molar-refractivity contribution in [2.45, 2.75) is 24.6 Å². The minimum atomic E-state index is -3.72. The highest BCUT2D eigenvalue weighted by Gasteiger charge is 2.33. The Hall–Kier alpha value is -2.78. The highest BCUT2D eigenvalue weighted by atomic mass is 32.2. The van der Waals surface area contributed by atoms with Crippen LogP contribution in [0.1, 0.15) is 18.4 Å². The summed E-state index contributed by atoms with van der Waals surface area (Å²) in [5, 5.41) is 4.97. The number of piperidine rings is 1. The molecule has 0 bridgehead atoms. The molecule has 28 heavy (non-hydrogen) atoms. The fourth-order valence-corrected chi connectivity index (χ4v) is 4.97. The van der Waals surface area contributed by atoms with Gasteiger partial charge >= 0.3 is 0 Å². The van der Waals surface area contributed by atoms with Crippen LogP contribution in [0.2, 0.25) is 0 Å². The van der Waals surface area contributed by atoms with E-state index < -0.39 is 16.1 Å². The fraction of sp³-hybridized carbons (Fsp3) is 0.316. The monoisotopic (exact) mass is 399 g/mol. The second kappa shape index (κ2) is 7.33. The molecule has 1 saturated heterocycles. The van der Waals surface area contributed by atoms with Crippen molar-refractivity contribution in [3.63, 3.8) is 0 Å². The molecule has 1 atom stereocenters. The number of pyridine rings is 1. The summed E-state index contributed by atoms with van der Waals surface area (Å²) in [5.74, 6) is 0.179. The van der Waals surface area contributed by atoms with E-state index in [0.29, 0.717) is 36.3 Å². The van der Waals surface area contributed by atoms with E-state index in [1.165, 1.54) is 0 Å². The molecule has 9 heteroatoms. The van der Waals surface area contributed by atoms with Crippen LogP contribution >= 0.6 is 0 Å². The van der Waals surface area contributed by atoms with Gasteiger partial charge in [0.25, 0.3) is 0 Å². The summed E-state index contributed by atoms with van der Waals surface area (Å²) in [4.78, 5) is 18.8. The Morgan fingerprint density at radius 1 is 1.18 bits per heavy atom. The Balaban J connectivity index is 1.54. The minimum absolute atomic E-state index is 0.225. The molecule has 1 aliphatic rings. The maximum absolute atomic E-state index is 12.9. The Kier molecular flexibility index (Phi) is 4.86. The summed E-state index contributed by atoms with van der Waals surface area (Å²) in [7, 11) is -1.97. The van der Waals surface area contributed by atoms with Crippen LogP contribution in [0.5, 0.6) is 0 Å². The minimum Gasteiger partial charge on any atom is -0.296 e. The summed E-state index contributed by atoms with van der Waals surface area (Å²) in [6, 6.07) is 10.1. The van der Waals surface area contributed by atoms with Crippen molar-refractivity contribution in [2.75, 3.05) is 11.4 Å². The van der Waals surface area contributed by atoms with Gasteiger partial charge in [0.2, 0.25) is 15.9 Å². The number of carbonyl (C=O) groups is 1. The number of fused-ring (bicyclic) bond motifs is 1.